The van der Waals surface area contributed by atoms with E-state index in [1.807, 2.05) is 6.07 Å². The molecule has 1 aromatic rings. The van der Waals surface area contributed by atoms with E-state index in [9.17, 15) is 4.39 Å². The predicted molar refractivity (Wildman–Crippen MR) is 55.8 cm³/mol. The van der Waals surface area contributed by atoms with Crippen molar-refractivity contribution in [1.29, 1.82) is 0 Å². The number of hydrogen-bond donors (Lipinski definition) is 1. The monoisotopic (exact) mass is 213 g/mol. The number of rotatable bonds is 6. The average Bonchev–Trinajstić information content (AvgIpc) is 2.23. The van der Waals surface area contributed by atoms with E-state index in [0.717, 1.165) is 5.56 Å². The molecule has 0 aliphatic heterocycles. The Morgan fingerprint density at radius 1 is 1.33 bits per heavy atom. The van der Waals surface area contributed by atoms with Gasteiger partial charge in [-0.15, -0.1) is 0 Å². The van der Waals surface area contributed by atoms with Gasteiger partial charge in [0.2, 0.25) is 0 Å². The van der Waals surface area contributed by atoms with Crippen LogP contribution in [0.3, 0.4) is 0 Å². The van der Waals surface area contributed by atoms with E-state index in [-0.39, 0.29) is 5.82 Å². The molecule has 0 spiro atoms. The summed E-state index contributed by atoms with van der Waals surface area (Å²) >= 11 is 0. The molecule has 3 nitrogen and oxygen atoms in total. The molecule has 1 N–H and O–H groups in total. The molecule has 0 fully saturated rings. The molecular formula is C11H16FNO2. The van der Waals surface area contributed by atoms with Gasteiger partial charge in [-0.25, -0.2) is 4.39 Å². The third-order valence-corrected chi connectivity index (χ3v) is 2.00. The molecule has 0 aliphatic carbocycles. The normalized spacial score (nSPS) is 10.6. The van der Waals surface area contributed by atoms with Crippen LogP contribution in [-0.2, 0) is 16.1 Å². The molecule has 0 heterocycles. The molecule has 84 valence electrons. The second kappa shape index (κ2) is 6.50. The summed E-state index contributed by atoms with van der Waals surface area (Å²) < 4.78 is 17.9. The van der Waals surface area contributed by atoms with E-state index in [1.165, 1.54) is 6.07 Å². The minimum absolute atomic E-state index is 0.189. The molecular weight excluding hydrogens is 197 g/mol. The number of aryl methyl sites for hydroxylation is 1. The number of nitrogens with one attached hydrogen (secondary N) is 1. The van der Waals surface area contributed by atoms with Crippen LogP contribution < -0.4 is 5.48 Å². The molecule has 0 saturated heterocycles. The lowest BCUT2D eigenvalue weighted by Crippen LogP contribution is -2.17. The summed E-state index contributed by atoms with van der Waals surface area (Å²) in [4.78, 5) is 5.05. The summed E-state index contributed by atoms with van der Waals surface area (Å²) in [6.07, 6.45) is 0. The van der Waals surface area contributed by atoms with Crippen molar-refractivity contribution in [3.05, 3.63) is 35.1 Å². The van der Waals surface area contributed by atoms with Crippen molar-refractivity contribution in [3.8, 4) is 0 Å². The lowest BCUT2D eigenvalue weighted by molar-refractivity contribution is 0.00343. The highest BCUT2D eigenvalue weighted by Gasteiger charge is 1.98. The highest BCUT2D eigenvalue weighted by atomic mass is 19.1. The third kappa shape index (κ3) is 4.38. The number of halogens is 1. The topological polar surface area (TPSA) is 30.5 Å². The number of benzene rings is 1. The number of hydroxylamine groups is 1. The summed E-state index contributed by atoms with van der Waals surface area (Å²) in [5.41, 5.74) is 4.25. The maximum absolute atomic E-state index is 13.1. The van der Waals surface area contributed by atoms with E-state index < -0.39 is 0 Å². The quantitative estimate of drug-likeness (QED) is 0.577. The van der Waals surface area contributed by atoms with Crippen LogP contribution in [0.4, 0.5) is 4.39 Å². The molecule has 0 saturated carbocycles. The molecule has 0 aliphatic rings. The van der Waals surface area contributed by atoms with Gasteiger partial charge in [0.25, 0.3) is 0 Å². The Kier molecular flexibility index (Phi) is 5.25. The number of methoxy groups -OCH3 is 1. The van der Waals surface area contributed by atoms with Gasteiger partial charge in [-0.3, -0.25) is 4.84 Å². The molecule has 0 unspecified atom stereocenters. The van der Waals surface area contributed by atoms with Gasteiger partial charge in [0.05, 0.1) is 13.2 Å². The smallest absolute Gasteiger partial charge is 0.126 e. The molecule has 0 atom stereocenters. The maximum atomic E-state index is 13.1. The van der Waals surface area contributed by atoms with Gasteiger partial charge < -0.3 is 4.74 Å². The molecule has 0 radical (unpaired) electrons. The lowest BCUT2D eigenvalue weighted by atomic mass is 10.1. The van der Waals surface area contributed by atoms with Crippen molar-refractivity contribution >= 4 is 0 Å². The maximum Gasteiger partial charge on any atom is 0.126 e. The Bertz CT molecular complexity index is 305. The van der Waals surface area contributed by atoms with Gasteiger partial charge in [0.1, 0.15) is 5.82 Å². The van der Waals surface area contributed by atoms with Gasteiger partial charge in [-0.1, -0.05) is 12.1 Å². The Labute approximate surface area is 89.2 Å². The number of hydrogen-bond acceptors (Lipinski definition) is 3. The Morgan fingerprint density at radius 3 is 2.80 bits per heavy atom. The molecule has 1 aromatic carbocycles. The van der Waals surface area contributed by atoms with Gasteiger partial charge in [0.15, 0.2) is 0 Å². The fraction of sp³-hybridized carbons (Fsp3) is 0.455. The number of ether oxygens (including phenoxy) is 1. The highest BCUT2D eigenvalue weighted by molar-refractivity contribution is 5.22. The van der Waals surface area contributed by atoms with Crippen LogP contribution in [0, 0.1) is 12.7 Å². The van der Waals surface area contributed by atoms with Gasteiger partial charge in [-0.2, -0.15) is 5.48 Å². The fourth-order valence-corrected chi connectivity index (χ4v) is 1.08. The molecule has 1 rings (SSSR count). The minimum Gasteiger partial charge on any atom is -0.382 e. The van der Waals surface area contributed by atoms with Crippen LogP contribution in [-0.4, -0.2) is 20.3 Å². The third-order valence-electron chi connectivity index (χ3n) is 2.00. The van der Waals surface area contributed by atoms with Crippen molar-refractivity contribution in [2.45, 2.75) is 13.5 Å². The molecule has 15 heavy (non-hydrogen) atoms. The first-order valence-electron chi connectivity index (χ1n) is 4.82. The Morgan fingerprint density at radius 2 is 2.13 bits per heavy atom. The van der Waals surface area contributed by atoms with E-state index in [2.05, 4.69) is 5.48 Å². The first-order chi connectivity index (χ1) is 7.24. The van der Waals surface area contributed by atoms with E-state index >= 15 is 0 Å². The summed E-state index contributed by atoms with van der Waals surface area (Å²) in [5, 5.41) is 0. The second-order valence-electron chi connectivity index (χ2n) is 3.25. The van der Waals surface area contributed by atoms with Crippen LogP contribution in [0.25, 0.3) is 0 Å². The molecule has 4 heteroatoms. The average molecular weight is 213 g/mol. The zero-order valence-electron chi connectivity index (χ0n) is 9.05. The summed E-state index contributed by atoms with van der Waals surface area (Å²) in [7, 11) is 1.61. The second-order valence-corrected chi connectivity index (χ2v) is 3.25. The van der Waals surface area contributed by atoms with Crippen molar-refractivity contribution in [3.63, 3.8) is 0 Å². The standard InChI is InChI=1S/C11H16FNO2/c1-9-3-4-10(7-11(9)12)8-13-15-6-5-14-2/h3-4,7,13H,5-6,8H2,1-2H3. The van der Waals surface area contributed by atoms with Crippen LogP contribution in [0.1, 0.15) is 11.1 Å². The Hall–Kier alpha value is -0.970. The van der Waals surface area contributed by atoms with Crippen molar-refractivity contribution < 1.29 is 14.0 Å². The van der Waals surface area contributed by atoms with Crippen molar-refractivity contribution in [2.75, 3.05) is 20.3 Å². The molecule has 0 amide bonds. The van der Waals surface area contributed by atoms with Crippen LogP contribution in [0.15, 0.2) is 18.2 Å². The summed E-state index contributed by atoms with van der Waals surface area (Å²) in [6.45, 7) is 3.24. The van der Waals surface area contributed by atoms with Crippen molar-refractivity contribution in [2.24, 2.45) is 0 Å². The fourth-order valence-electron chi connectivity index (χ4n) is 1.08. The molecule has 0 aromatic heterocycles. The van der Waals surface area contributed by atoms with Crippen LogP contribution >= 0.6 is 0 Å². The molecule has 0 bridgehead atoms. The van der Waals surface area contributed by atoms with Crippen molar-refractivity contribution in [1.82, 2.24) is 5.48 Å². The van der Waals surface area contributed by atoms with E-state index in [0.29, 0.717) is 25.3 Å². The highest BCUT2D eigenvalue weighted by Crippen LogP contribution is 2.08. The zero-order valence-corrected chi connectivity index (χ0v) is 9.05. The first kappa shape index (κ1) is 12.1. The van der Waals surface area contributed by atoms with Gasteiger partial charge >= 0.3 is 0 Å². The van der Waals surface area contributed by atoms with Gasteiger partial charge in [-0.05, 0) is 24.1 Å². The lowest BCUT2D eigenvalue weighted by Gasteiger charge is -2.06. The SMILES string of the molecule is COCCONCc1ccc(C)c(F)c1. The predicted octanol–water partition coefficient (Wildman–Crippen LogP) is 1.80. The van der Waals surface area contributed by atoms with Gasteiger partial charge in [0, 0.05) is 13.7 Å². The minimum atomic E-state index is -0.189. The largest absolute Gasteiger partial charge is 0.382 e. The van der Waals surface area contributed by atoms with Crippen LogP contribution in [0.5, 0.6) is 0 Å². The zero-order chi connectivity index (χ0) is 11.1. The summed E-state index contributed by atoms with van der Waals surface area (Å²) in [5.74, 6) is -0.189. The van der Waals surface area contributed by atoms with E-state index in [4.69, 9.17) is 9.57 Å². The summed E-state index contributed by atoms with van der Waals surface area (Å²) in [6, 6.07) is 5.12. The Balaban J connectivity index is 2.28. The van der Waals surface area contributed by atoms with Crippen LogP contribution in [0.2, 0.25) is 0 Å². The first-order valence-corrected chi connectivity index (χ1v) is 4.82. The van der Waals surface area contributed by atoms with E-state index in [1.54, 1.807) is 20.1 Å².